The van der Waals surface area contributed by atoms with Crippen molar-refractivity contribution in [1.82, 2.24) is 0 Å². The zero-order valence-corrected chi connectivity index (χ0v) is 12.7. The molecule has 1 atom stereocenters. The van der Waals surface area contributed by atoms with Gasteiger partial charge in [0.2, 0.25) is 0 Å². The highest BCUT2D eigenvalue weighted by molar-refractivity contribution is 6.17. The van der Waals surface area contributed by atoms with Gasteiger partial charge in [-0.25, -0.2) is 0 Å². The molecule has 0 spiro atoms. The lowest BCUT2D eigenvalue weighted by atomic mass is 9.99. The first kappa shape index (κ1) is 15.4. The van der Waals surface area contributed by atoms with E-state index in [1.807, 2.05) is 12.1 Å². The molecule has 5 heteroatoms. The Morgan fingerprint density at radius 1 is 1.25 bits per heavy atom. The fourth-order valence-electron chi connectivity index (χ4n) is 2.41. The fraction of sp³-hybridized carbons (Fsp3) is 0.600. The summed E-state index contributed by atoms with van der Waals surface area (Å²) in [6, 6.07) is 4.03. The number of ether oxygens (including phenoxy) is 4. The molecule has 4 nitrogen and oxygen atoms in total. The molecular weight excluding hydrogens is 280 g/mol. The average molecular weight is 301 g/mol. The predicted molar refractivity (Wildman–Crippen MR) is 78.1 cm³/mol. The minimum absolute atomic E-state index is 0.0736. The summed E-state index contributed by atoms with van der Waals surface area (Å²) in [6.45, 7) is 1.77. The molecule has 1 aliphatic rings. The van der Waals surface area contributed by atoms with Crippen LogP contribution >= 0.6 is 11.6 Å². The molecule has 0 saturated heterocycles. The van der Waals surface area contributed by atoms with E-state index in [9.17, 15) is 0 Å². The molecule has 1 aromatic carbocycles. The predicted octanol–water partition coefficient (Wildman–Crippen LogP) is 2.96. The maximum Gasteiger partial charge on any atom is 0.161 e. The normalized spacial score (nSPS) is 18.2. The Morgan fingerprint density at radius 2 is 2.00 bits per heavy atom. The third kappa shape index (κ3) is 3.57. The summed E-state index contributed by atoms with van der Waals surface area (Å²) >= 11 is 5.64. The van der Waals surface area contributed by atoms with Gasteiger partial charge in [-0.3, -0.25) is 0 Å². The van der Waals surface area contributed by atoms with E-state index in [0.717, 1.165) is 36.5 Å². The highest BCUT2D eigenvalue weighted by Crippen LogP contribution is 2.36. The van der Waals surface area contributed by atoms with Gasteiger partial charge in [0.05, 0.1) is 27.4 Å². The Bertz CT molecular complexity index is 436. The van der Waals surface area contributed by atoms with Crippen molar-refractivity contribution in [2.45, 2.75) is 18.9 Å². The number of hydrogen-bond donors (Lipinski definition) is 0. The lowest BCUT2D eigenvalue weighted by molar-refractivity contribution is -0.0120. The van der Waals surface area contributed by atoms with E-state index < -0.39 is 0 Å². The summed E-state index contributed by atoms with van der Waals surface area (Å²) in [5.74, 6) is 1.97. The number of aryl methyl sites for hydroxylation is 1. The van der Waals surface area contributed by atoms with Crippen molar-refractivity contribution < 1.29 is 18.9 Å². The second-order valence-corrected chi connectivity index (χ2v) is 5.01. The molecule has 0 saturated carbocycles. The second kappa shape index (κ2) is 7.72. The molecule has 0 aliphatic carbocycles. The van der Waals surface area contributed by atoms with E-state index in [0.29, 0.717) is 19.1 Å². The standard InChI is InChI=1S/C15H21ClO4/c1-17-13-8-11-4-3-6-20-15(10-19-7-5-16)12(11)9-14(13)18-2/h8-9,15H,3-7,10H2,1-2H3/t15-/m1/s1. The number of methoxy groups -OCH3 is 2. The van der Waals surface area contributed by atoms with Gasteiger partial charge in [-0.1, -0.05) is 0 Å². The molecule has 0 N–H and O–H groups in total. The molecule has 2 rings (SSSR count). The van der Waals surface area contributed by atoms with Gasteiger partial charge >= 0.3 is 0 Å². The van der Waals surface area contributed by atoms with Crippen LogP contribution in [-0.4, -0.2) is 39.9 Å². The minimum Gasteiger partial charge on any atom is -0.493 e. The highest BCUT2D eigenvalue weighted by Gasteiger charge is 2.22. The Balaban J connectivity index is 2.27. The number of halogens is 1. The van der Waals surface area contributed by atoms with Crippen molar-refractivity contribution in [1.29, 1.82) is 0 Å². The number of hydrogen-bond acceptors (Lipinski definition) is 4. The first-order valence-electron chi connectivity index (χ1n) is 6.80. The van der Waals surface area contributed by atoms with Gasteiger partial charge in [0.25, 0.3) is 0 Å². The largest absolute Gasteiger partial charge is 0.493 e. The third-order valence-corrected chi connectivity index (χ3v) is 3.55. The summed E-state index contributed by atoms with van der Waals surface area (Å²) in [7, 11) is 3.29. The van der Waals surface area contributed by atoms with Crippen LogP contribution in [0.3, 0.4) is 0 Å². The van der Waals surface area contributed by atoms with Gasteiger partial charge in [0.1, 0.15) is 6.10 Å². The van der Waals surface area contributed by atoms with Crippen molar-refractivity contribution in [3.05, 3.63) is 23.3 Å². The van der Waals surface area contributed by atoms with Crippen molar-refractivity contribution in [2.24, 2.45) is 0 Å². The quantitative estimate of drug-likeness (QED) is 0.598. The van der Waals surface area contributed by atoms with Gasteiger partial charge in [0, 0.05) is 12.5 Å². The van der Waals surface area contributed by atoms with E-state index in [2.05, 4.69) is 0 Å². The molecule has 1 aliphatic heterocycles. The van der Waals surface area contributed by atoms with Crippen LogP contribution in [0.1, 0.15) is 23.7 Å². The van der Waals surface area contributed by atoms with Crippen LogP contribution in [0.2, 0.25) is 0 Å². The SMILES string of the molecule is COc1cc2c(cc1OC)[C@@H](COCCCl)OCCC2. The van der Waals surface area contributed by atoms with Crippen LogP contribution in [0, 0.1) is 0 Å². The topological polar surface area (TPSA) is 36.9 Å². The summed E-state index contributed by atoms with van der Waals surface area (Å²) in [6.07, 6.45) is 1.89. The van der Waals surface area contributed by atoms with Gasteiger partial charge in [-0.05, 0) is 36.1 Å². The first-order valence-corrected chi connectivity index (χ1v) is 7.33. The first-order chi connectivity index (χ1) is 9.80. The molecule has 0 radical (unpaired) electrons. The van der Waals surface area contributed by atoms with Crippen molar-refractivity contribution in [3.63, 3.8) is 0 Å². The molecule has 0 aromatic heterocycles. The van der Waals surface area contributed by atoms with E-state index >= 15 is 0 Å². The minimum atomic E-state index is -0.0736. The van der Waals surface area contributed by atoms with Crippen LogP contribution in [0.25, 0.3) is 0 Å². The Morgan fingerprint density at radius 3 is 2.70 bits per heavy atom. The molecule has 0 unspecified atom stereocenters. The average Bonchev–Trinajstić information content (AvgIpc) is 2.68. The zero-order valence-electron chi connectivity index (χ0n) is 12.0. The van der Waals surface area contributed by atoms with Crippen molar-refractivity contribution >= 4 is 11.6 Å². The van der Waals surface area contributed by atoms with Crippen LogP contribution in [0.4, 0.5) is 0 Å². The van der Waals surface area contributed by atoms with E-state index in [-0.39, 0.29) is 6.10 Å². The van der Waals surface area contributed by atoms with Crippen LogP contribution < -0.4 is 9.47 Å². The van der Waals surface area contributed by atoms with E-state index in [4.69, 9.17) is 30.5 Å². The van der Waals surface area contributed by atoms with Gasteiger partial charge in [-0.15, -0.1) is 11.6 Å². The Hall–Kier alpha value is -0.970. The van der Waals surface area contributed by atoms with Crippen LogP contribution in [0.5, 0.6) is 11.5 Å². The molecule has 20 heavy (non-hydrogen) atoms. The monoisotopic (exact) mass is 300 g/mol. The summed E-state index contributed by atoms with van der Waals surface area (Å²) in [5.41, 5.74) is 2.36. The van der Waals surface area contributed by atoms with E-state index in [1.54, 1.807) is 14.2 Å². The van der Waals surface area contributed by atoms with Crippen molar-refractivity contribution in [2.75, 3.05) is 39.9 Å². The lowest BCUT2D eigenvalue weighted by Gasteiger charge is -2.20. The Kier molecular flexibility index (Phi) is 5.95. The molecule has 0 bridgehead atoms. The molecular formula is C15H21ClO4. The molecule has 112 valence electrons. The number of rotatable bonds is 6. The van der Waals surface area contributed by atoms with Crippen molar-refractivity contribution in [3.8, 4) is 11.5 Å². The number of alkyl halides is 1. The van der Waals surface area contributed by atoms with Gasteiger partial charge < -0.3 is 18.9 Å². The maximum atomic E-state index is 5.88. The molecule has 1 heterocycles. The van der Waals surface area contributed by atoms with Gasteiger partial charge in [0.15, 0.2) is 11.5 Å². The summed E-state index contributed by atoms with van der Waals surface area (Å²) < 4.78 is 22.2. The van der Waals surface area contributed by atoms with Crippen LogP contribution in [-0.2, 0) is 15.9 Å². The number of benzene rings is 1. The maximum absolute atomic E-state index is 5.88. The van der Waals surface area contributed by atoms with Gasteiger partial charge in [-0.2, -0.15) is 0 Å². The smallest absolute Gasteiger partial charge is 0.161 e. The molecule has 1 aromatic rings. The Labute approximate surface area is 124 Å². The summed E-state index contributed by atoms with van der Waals surface area (Å²) in [5, 5.41) is 0. The summed E-state index contributed by atoms with van der Waals surface area (Å²) in [4.78, 5) is 0. The fourth-order valence-corrected chi connectivity index (χ4v) is 2.52. The molecule has 0 amide bonds. The number of fused-ring (bicyclic) bond motifs is 1. The third-order valence-electron chi connectivity index (χ3n) is 3.39. The highest BCUT2D eigenvalue weighted by atomic mass is 35.5. The second-order valence-electron chi connectivity index (χ2n) is 4.63. The molecule has 0 fully saturated rings. The van der Waals surface area contributed by atoms with Crippen LogP contribution in [0.15, 0.2) is 12.1 Å². The lowest BCUT2D eigenvalue weighted by Crippen LogP contribution is -2.13. The zero-order chi connectivity index (χ0) is 14.4. The van der Waals surface area contributed by atoms with E-state index in [1.165, 1.54) is 5.56 Å².